The highest BCUT2D eigenvalue weighted by Gasteiger charge is 2.47. The van der Waals surface area contributed by atoms with Gasteiger partial charge in [-0.15, -0.1) is 0 Å². The van der Waals surface area contributed by atoms with Crippen molar-refractivity contribution in [1.29, 1.82) is 0 Å². The maximum atomic E-state index is 14.3. The molecule has 1 amide bonds. The van der Waals surface area contributed by atoms with Gasteiger partial charge in [0.1, 0.15) is 18.0 Å². The number of carboxylic acids is 1. The number of ether oxygens (including phenoxy) is 2. The number of carbonyl (C=O) groups is 2. The fourth-order valence-electron chi connectivity index (χ4n) is 7.38. The molecule has 5 rings (SSSR count). The number of para-hydroxylation sites is 1. The van der Waals surface area contributed by atoms with Gasteiger partial charge < -0.3 is 24.0 Å². The Morgan fingerprint density at radius 2 is 1.85 bits per heavy atom. The Hall–Kier alpha value is -3.88. The van der Waals surface area contributed by atoms with E-state index in [2.05, 4.69) is 57.2 Å². The van der Waals surface area contributed by atoms with E-state index in [0.29, 0.717) is 26.1 Å². The molecule has 8 nitrogen and oxygen atoms in total. The summed E-state index contributed by atoms with van der Waals surface area (Å²) in [6.07, 6.45) is 4.93. The lowest BCUT2D eigenvalue weighted by Crippen LogP contribution is -2.44. The number of methoxy groups -OCH3 is 1. The number of likely N-dealkylation sites (tertiary alicyclic amines) is 1. The predicted molar refractivity (Wildman–Crippen MR) is 186 cm³/mol. The van der Waals surface area contributed by atoms with Crippen LogP contribution in [0.5, 0.6) is 11.5 Å². The SMILES string of the molecule is CCCCN(C(=O)CN1C[C@H](c2ccc3c(c2)CCO3)[C@@H](C(=O)O)[C@@H]1CCCc1ccccc1OC)c1cccc(C[N+](C)(C)C)c1. The molecule has 0 spiro atoms. The van der Waals surface area contributed by atoms with Gasteiger partial charge in [-0.3, -0.25) is 14.5 Å². The average Bonchev–Trinajstić information content (AvgIpc) is 3.65. The van der Waals surface area contributed by atoms with Crippen LogP contribution in [0.1, 0.15) is 60.8 Å². The number of benzene rings is 3. The van der Waals surface area contributed by atoms with Crippen molar-refractivity contribution in [2.45, 2.75) is 64.0 Å². The number of rotatable bonds is 15. The Labute approximate surface area is 280 Å². The second-order valence-corrected chi connectivity index (χ2v) is 14.2. The molecule has 2 aliphatic rings. The number of aliphatic carboxylic acids is 1. The van der Waals surface area contributed by atoms with E-state index in [4.69, 9.17) is 9.47 Å². The third-order valence-corrected chi connectivity index (χ3v) is 9.57. The number of quaternary nitrogens is 1. The first-order valence-corrected chi connectivity index (χ1v) is 17.1. The van der Waals surface area contributed by atoms with E-state index in [9.17, 15) is 14.7 Å². The second-order valence-electron chi connectivity index (χ2n) is 14.2. The molecule has 0 radical (unpaired) electrons. The quantitative estimate of drug-likeness (QED) is 0.200. The highest BCUT2D eigenvalue weighted by molar-refractivity contribution is 5.95. The van der Waals surface area contributed by atoms with Gasteiger partial charge in [0, 0.05) is 42.7 Å². The van der Waals surface area contributed by atoms with E-state index in [-0.39, 0.29) is 24.4 Å². The lowest BCUT2D eigenvalue weighted by Gasteiger charge is -2.30. The molecule has 0 unspecified atom stereocenters. The fraction of sp³-hybridized carbons (Fsp3) is 0.487. The minimum atomic E-state index is -0.806. The van der Waals surface area contributed by atoms with Crippen LogP contribution < -0.4 is 14.4 Å². The van der Waals surface area contributed by atoms with Crippen LogP contribution in [0.15, 0.2) is 66.7 Å². The van der Waals surface area contributed by atoms with Crippen LogP contribution in [0, 0.1) is 5.92 Å². The molecule has 0 saturated carbocycles. The van der Waals surface area contributed by atoms with Gasteiger partial charge in [-0.2, -0.15) is 0 Å². The van der Waals surface area contributed by atoms with Crippen LogP contribution in [0.25, 0.3) is 0 Å². The summed E-state index contributed by atoms with van der Waals surface area (Å²) in [5.41, 5.74) is 5.35. The number of carbonyl (C=O) groups excluding carboxylic acids is 1. The van der Waals surface area contributed by atoms with Crippen molar-refractivity contribution in [3.63, 3.8) is 0 Å². The van der Waals surface area contributed by atoms with Crippen LogP contribution in [0.2, 0.25) is 0 Å². The molecule has 3 aromatic rings. The standard InChI is InChI=1S/C39H51N3O5/c1-6-7-21-41(32-15-10-12-28(23-32)27-42(2,3)4)37(43)26-40-25-33(30-18-19-36-31(24-30)20-22-47-36)38(39(44)45)34(40)16-11-14-29-13-8-9-17-35(29)46-5/h8-10,12-13,15,17-19,23-24,33-34,38H,6-7,11,14,16,20-22,25-27H2,1-5H3/p+1/t33-,34+,38-/m1/s1. The summed E-state index contributed by atoms with van der Waals surface area (Å²) >= 11 is 0. The van der Waals surface area contributed by atoms with Crippen molar-refractivity contribution < 1.29 is 28.7 Å². The summed E-state index contributed by atoms with van der Waals surface area (Å²) in [7, 11) is 8.17. The fourth-order valence-corrected chi connectivity index (χ4v) is 7.38. The highest BCUT2D eigenvalue weighted by atomic mass is 16.5. The van der Waals surface area contributed by atoms with Gasteiger partial charge in [0.2, 0.25) is 5.91 Å². The molecular weight excluding hydrogens is 590 g/mol. The summed E-state index contributed by atoms with van der Waals surface area (Å²) in [6.45, 7) is 4.98. The average molecular weight is 643 g/mol. The Bertz CT molecular complexity index is 1530. The van der Waals surface area contributed by atoms with Crippen molar-refractivity contribution in [3.8, 4) is 11.5 Å². The number of hydrogen-bond donors (Lipinski definition) is 1. The van der Waals surface area contributed by atoms with E-state index in [0.717, 1.165) is 77.0 Å². The maximum absolute atomic E-state index is 14.3. The van der Waals surface area contributed by atoms with Crippen LogP contribution >= 0.6 is 0 Å². The molecule has 0 bridgehead atoms. The van der Waals surface area contributed by atoms with E-state index >= 15 is 0 Å². The molecule has 8 heteroatoms. The molecule has 2 heterocycles. The van der Waals surface area contributed by atoms with Gasteiger partial charge in [-0.1, -0.05) is 55.8 Å². The molecule has 1 saturated heterocycles. The molecule has 252 valence electrons. The summed E-state index contributed by atoms with van der Waals surface area (Å²) in [5.74, 6) is 0.0934. The van der Waals surface area contributed by atoms with Crippen LogP contribution in [-0.2, 0) is 29.0 Å². The lowest BCUT2D eigenvalue weighted by molar-refractivity contribution is -0.884. The number of unbranched alkanes of at least 4 members (excludes halogenated alkanes) is 1. The summed E-state index contributed by atoms with van der Waals surface area (Å²) < 4.78 is 12.1. The first-order valence-electron chi connectivity index (χ1n) is 17.1. The molecule has 0 aromatic heterocycles. The van der Waals surface area contributed by atoms with Crippen LogP contribution in [-0.4, -0.2) is 86.9 Å². The minimum Gasteiger partial charge on any atom is -0.496 e. The number of aryl methyl sites for hydroxylation is 1. The van der Waals surface area contributed by atoms with Crippen molar-refractivity contribution in [2.24, 2.45) is 5.92 Å². The first-order chi connectivity index (χ1) is 22.6. The number of anilines is 1. The lowest BCUT2D eigenvalue weighted by atomic mass is 9.83. The number of fused-ring (bicyclic) bond motifs is 1. The Balaban J connectivity index is 1.42. The Morgan fingerprint density at radius 1 is 1.04 bits per heavy atom. The third-order valence-electron chi connectivity index (χ3n) is 9.57. The van der Waals surface area contributed by atoms with Crippen molar-refractivity contribution in [1.82, 2.24) is 4.90 Å². The van der Waals surface area contributed by atoms with Crippen molar-refractivity contribution >= 4 is 17.6 Å². The molecule has 1 fully saturated rings. The molecule has 3 atom stereocenters. The molecule has 47 heavy (non-hydrogen) atoms. The summed E-state index contributed by atoms with van der Waals surface area (Å²) in [6, 6.07) is 22.2. The molecule has 3 aromatic carbocycles. The van der Waals surface area contributed by atoms with Crippen molar-refractivity contribution in [3.05, 3.63) is 89.0 Å². The molecule has 2 aliphatic heterocycles. The zero-order valence-electron chi connectivity index (χ0n) is 28.8. The maximum Gasteiger partial charge on any atom is 0.308 e. The van der Waals surface area contributed by atoms with Crippen LogP contribution in [0.3, 0.4) is 0 Å². The van der Waals surface area contributed by atoms with E-state index < -0.39 is 11.9 Å². The third kappa shape index (κ3) is 8.54. The summed E-state index contributed by atoms with van der Waals surface area (Å²) in [5, 5.41) is 10.7. The zero-order valence-corrected chi connectivity index (χ0v) is 28.8. The van der Waals surface area contributed by atoms with E-state index in [1.165, 1.54) is 5.56 Å². The number of nitrogens with zero attached hydrogens (tertiary/aromatic N) is 3. The van der Waals surface area contributed by atoms with Crippen molar-refractivity contribution in [2.75, 3.05) is 59.4 Å². The van der Waals surface area contributed by atoms with E-state index in [1.807, 2.05) is 47.4 Å². The highest BCUT2D eigenvalue weighted by Crippen LogP contribution is 2.42. The first kappa shape index (κ1) is 34.5. The van der Waals surface area contributed by atoms with Gasteiger partial charge in [0.05, 0.1) is 47.3 Å². The van der Waals surface area contributed by atoms with Gasteiger partial charge in [0.15, 0.2) is 0 Å². The monoisotopic (exact) mass is 642 g/mol. The zero-order chi connectivity index (χ0) is 33.6. The topological polar surface area (TPSA) is 79.3 Å². The molecule has 0 aliphatic carbocycles. The Kier molecular flexibility index (Phi) is 11.3. The molecule has 1 N–H and O–H groups in total. The minimum absolute atomic E-state index is 0.0164. The van der Waals surface area contributed by atoms with Crippen LogP contribution in [0.4, 0.5) is 5.69 Å². The number of carboxylic acid groups (broad SMARTS) is 1. The van der Waals surface area contributed by atoms with Gasteiger partial charge in [-0.05, 0) is 66.6 Å². The predicted octanol–water partition coefficient (Wildman–Crippen LogP) is 6.16. The van der Waals surface area contributed by atoms with Gasteiger partial charge in [-0.25, -0.2) is 0 Å². The number of hydrogen-bond acceptors (Lipinski definition) is 5. The number of amides is 1. The largest absolute Gasteiger partial charge is 0.496 e. The molecular formula is C39H52N3O5+. The normalized spacial score (nSPS) is 19.3. The smallest absolute Gasteiger partial charge is 0.308 e. The van der Waals surface area contributed by atoms with E-state index in [1.54, 1.807) is 7.11 Å². The second kappa shape index (κ2) is 15.3. The van der Waals surface area contributed by atoms with Gasteiger partial charge in [0.25, 0.3) is 0 Å². The summed E-state index contributed by atoms with van der Waals surface area (Å²) in [4.78, 5) is 31.5. The Morgan fingerprint density at radius 3 is 2.60 bits per heavy atom. The van der Waals surface area contributed by atoms with Gasteiger partial charge >= 0.3 is 5.97 Å².